The van der Waals surface area contributed by atoms with E-state index in [1.165, 1.54) is 26.0 Å². The molecule has 0 aromatic heterocycles. The van der Waals surface area contributed by atoms with E-state index < -0.39 is 16.6 Å². The maximum absolute atomic E-state index is 11.3. The van der Waals surface area contributed by atoms with Crippen molar-refractivity contribution in [3.05, 3.63) is 0 Å². The van der Waals surface area contributed by atoms with Gasteiger partial charge in [0, 0.05) is 13.2 Å². The van der Waals surface area contributed by atoms with Crippen LogP contribution in [-0.4, -0.2) is 53.9 Å². The lowest BCUT2D eigenvalue weighted by atomic mass is 10.3. The van der Waals surface area contributed by atoms with Crippen LogP contribution >= 0.6 is 0 Å². The largest absolute Gasteiger partial charge is 0.469 e. The van der Waals surface area contributed by atoms with Gasteiger partial charge in [-0.1, -0.05) is 26.1 Å². The van der Waals surface area contributed by atoms with Crippen molar-refractivity contribution in [2.45, 2.75) is 65.0 Å². The van der Waals surface area contributed by atoms with Gasteiger partial charge in [0.25, 0.3) is 0 Å². The van der Waals surface area contributed by atoms with E-state index in [1.807, 2.05) is 0 Å². The third kappa shape index (κ3) is 10.2. The molecule has 6 heteroatoms. The average Bonchev–Trinajstić information content (AvgIpc) is 2.35. The third-order valence-corrected chi connectivity index (χ3v) is 8.73. The number of esters is 1. The summed E-state index contributed by atoms with van der Waals surface area (Å²) in [6.07, 6.45) is 2.91. The normalized spacial score (nSPS) is 12.8. The van der Waals surface area contributed by atoms with E-state index in [0.29, 0.717) is 6.42 Å². The second-order valence-corrected chi connectivity index (χ2v) is 16.4. The Hall–Kier alpha value is -0.176. The van der Waals surface area contributed by atoms with Gasteiger partial charge in [-0.3, -0.25) is 4.79 Å². The van der Waals surface area contributed by atoms with Gasteiger partial charge in [0.2, 0.25) is 0 Å². The predicted molar refractivity (Wildman–Crippen MR) is 94.7 cm³/mol. The molecule has 0 atom stereocenters. The van der Waals surface area contributed by atoms with Gasteiger partial charge in [-0.2, -0.15) is 0 Å². The quantitative estimate of drug-likeness (QED) is 0.328. The number of carbonyl (C=O) groups excluding carboxylic acids is 1. The van der Waals surface area contributed by atoms with E-state index in [-0.39, 0.29) is 5.97 Å². The molecule has 0 bridgehead atoms. The van der Waals surface area contributed by atoms with E-state index in [1.54, 1.807) is 0 Å². The molecule has 0 spiro atoms. The molecule has 0 aromatic rings. The van der Waals surface area contributed by atoms with Crippen LogP contribution in [-0.2, 0) is 14.0 Å². The van der Waals surface area contributed by atoms with Gasteiger partial charge in [0.15, 0.2) is 8.32 Å². The Kier molecular flexibility index (Phi) is 9.68. The Morgan fingerprint density at radius 2 is 1.67 bits per heavy atom. The summed E-state index contributed by atoms with van der Waals surface area (Å²) in [7, 11) is -1.36. The number of ether oxygens (including phenoxy) is 1. The summed E-state index contributed by atoms with van der Waals surface area (Å²) in [6, 6.07) is 1.22. The molecule has 0 amide bonds. The SMILES string of the molecule is CCO[Si](C)(C)CCCCN(CCC(=O)OC)[Si](C)(C)C. The van der Waals surface area contributed by atoms with E-state index in [2.05, 4.69) is 44.2 Å². The monoisotopic (exact) mass is 333 g/mol. The van der Waals surface area contributed by atoms with E-state index in [9.17, 15) is 4.79 Å². The molecular formula is C15H35NO3Si2. The van der Waals surface area contributed by atoms with Crippen LogP contribution in [0.15, 0.2) is 0 Å². The first-order valence-electron chi connectivity index (χ1n) is 8.08. The zero-order valence-corrected chi connectivity index (χ0v) is 17.1. The molecule has 4 nitrogen and oxygen atoms in total. The Morgan fingerprint density at radius 3 is 2.14 bits per heavy atom. The summed E-state index contributed by atoms with van der Waals surface area (Å²) in [5, 5.41) is 0. The first-order valence-corrected chi connectivity index (χ1v) is 14.6. The van der Waals surface area contributed by atoms with Crippen LogP contribution in [0.1, 0.15) is 26.2 Å². The fourth-order valence-corrected chi connectivity index (χ4v) is 6.07. The summed E-state index contributed by atoms with van der Waals surface area (Å²) in [6.45, 7) is 16.4. The van der Waals surface area contributed by atoms with Crippen molar-refractivity contribution in [1.29, 1.82) is 0 Å². The average molecular weight is 334 g/mol. The number of rotatable bonds is 11. The summed E-state index contributed by atoms with van der Waals surface area (Å²) >= 11 is 0. The highest BCUT2D eigenvalue weighted by Gasteiger charge is 2.25. The molecule has 0 aliphatic rings. The van der Waals surface area contributed by atoms with Crippen molar-refractivity contribution in [1.82, 2.24) is 4.57 Å². The molecule has 0 saturated heterocycles. The number of carbonyl (C=O) groups is 1. The number of hydrogen-bond acceptors (Lipinski definition) is 4. The van der Waals surface area contributed by atoms with Crippen molar-refractivity contribution < 1.29 is 14.0 Å². The Bertz CT molecular complexity index is 304. The van der Waals surface area contributed by atoms with Crippen LogP contribution in [0.2, 0.25) is 38.8 Å². The van der Waals surface area contributed by atoms with Gasteiger partial charge in [-0.25, -0.2) is 0 Å². The molecule has 0 aliphatic heterocycles. The van der Waals surface area contributed by atoms with Crippen LogP contribution in [0, 0.1) is 0 Å². The van der Waals surface area contributed by atoms with Crippen LogP contribution in [0.3, 0.4) is 0 Å². The molecule has 0 aliphatic carbocycles. The van der Waals surface area contributed by atoms with Crippen molar-refractivity contribution in [3.63, 3.8) is 0 Å². The highest BCUT2D eigenvalue weighted by Crippen LogP contribution is 2.17. The first kappa shape index (κ1) is 20.8. The van der Waals surface area contributed by atoms with Gasteiger partial charge < -0.3 is 13.7 Å². The van der Waals surface area contributed by atoms with Gasteiger partial charge in [-0.15, -0.1) is 0 Å². The highest BCUT2D eigenvalue weighted by molar-refractivity contribution is 6.73. The maximum Gasteiger partial charge on any atom is 0.306 e. The van der Waals surface area contributed by atoms with Gasteiger partial charge in [0.1, 0.15) is 8.24 Å². The van der Waals surface area contributed by atoms with Crippen LogP contribution < -0.4 is 0 Å². The first-order chi connectivity index (χ1) is 9.62. The lowest BCUT2D eigenvalue weighted by Gasteiger charge is -2.34. The third-order valence-electron chi connectivity index (χ3n) is 3.75. The smallest absolute Gasteiger partial charge is 0.306 e. The Balaban J connectivity index is 4.17. The van der Waals surface area contributed by atoms with Crippen molar-refractivity contribution in [2.24, 2.45) is 0 Å². The van der Waals surface area contributed by atoms with Gasteiger partial charge in [-0.05, 0) is 39.0 Å². The van der Waals surface area contributed by atoms with Gasteiger partial charge >= 0.3 is 5.97 Å². The minimum Gasteiger partial charge on any atom is -0.469 e. The minimum absolute atomic E-state index is 0.108. The maximum atomic E-state index is 11.3. The van der Waals surface area contributed by atoms with Crippen molar-refractivity contribution >= 4 is 22.5 Å². The van der Waals surface area contributed by atoms with E-state index in [0.717, 1.165) is 19.7 Å². The van der Waals surface area contributed by atoms with Crippen molar-refractivity contribution in [2.75, 3.05) is 26.8 Å². The van der Waals surface area contributed by atoms with Crippen LogP contribution in [0.25, 0.3) is 0 Å². The fraction of sp³-hybridized carbons (Fsp3) is 0.933. The molecule has 0 fully saturated rings. The molecule has 0 aromatic carbocycles. The lowest BCUT2D eigenvalue weighted by molar-refractivity contribution is -0.140. The van der Waals surface area contributed by atoms with E-state index in [4.69, 9.17) is 9.16 Å². The molecule has 126 valence electrons. The molecular weight excluding hydrogens is 298 g/mol. The minimum atomic E-state index is -1.44. The summed E-state index contributed by atoms with van der Waals surface area (Å²) in [5.41, 5.74) is 0. The number of hydrogen-bond donors (Lipinski definition) is 0. The standard InChI is InChI=1S/C15H35NO3Si2/c1-8-19-21(6,7)14-10-9-12-16(20(3,4)5)13-11-15(17)18-2/h8-14H2,1-7H3. The molecule has 0 rings (SSSR count). The molecule has 21 heavy (non-hydrogen) atoms. The Labute approximate surface area is 133 Å². The summed E-state index contributed by atoms with van der Waals surface area (Å²) < 4.78 is 13.1. The highest BCUT2D eigenvalue weighted by atomic mass is 28.4. The summed E-state index contributed by atoms with van der Waals surface area (Å²) in [5.74, 6) is -0.108. The number of nitrogens with zero attached hydrogens (tertiary/aromatic N) is 1. The second kappa shape index (κ2) is 9.76. The number of methoxy groups -OCH3 is 1. The summed E-state index contributed by atoms with van der Waals surface area (Å²) in [4.78, 5) is 11.3. The zero-order chi connectivity index (χ0) is 16.5. The molecule has 0 heterocycles. The van der Waals surface area contributed by atoms with Gasteiger partial charge in [0.05, 0.1) is 13.5 Å². The second-order valence-electron chi connectivity index (χ2n) is 7.13. The van der Waals surface area contributed by atoms with Crippen molar-refractivity contribution in [3.8, 4) is 0 Å². The lowest BCUT2D eigenvalue weighted by Crippen LogP contribution is -2.47. The van der Waals surface area contributed by atoms with Crippen LogP contribution in [0.5, 0.6) is 0 Å². The number of unbranched alkanes of at least 4 members (excludes halogenated alkanes) is 1. The zero-order valence-electron chi connectivity index (χ0n) is 15.1. The van der Waals surface area contributed by atoms with Crippen LogP contribution in [0.4, 0.5) is 0 Å². The molecule has 0 radical (unpaired) electrons. The molecule has 0 unspecified atom stereocenters. The molecule has 0 N–H and O–H groups in total. The van der Waals surface area contributed by atoms with E-state index >= 15 is 0 Å². The predicted octanol–water partition coefficient (Wildman–Crippen LogP) is 3.71. The molecule has 0 saturated carbocycles. The Morgan fingerprint density at radius 1 is 1.05 bits per heavy atom. The topological polar surface area (TPSA) is 38.8 Å². The fourth-order valence-electron chi connectivity index (χ4n) is 2.43.